The number of benzene rings is 6. The van der Waals surface area contributed by atoms with Crippen LogP contribution in [0.2, 0.25) is 0 Å². The van der Waals surface area contributed by atoms with E-state index in [0.29, 0.717) is 11.8 Å². The van der Waals surface area contributed by atoms with E-state index in [1.807, 2.05) is 45.3 Å². The summed E-state index contributed by atoms with van der Waals surface area (Å²) in [6.07, 6.45) is 0. The quantitative estimate of drug-likeness (QED) is 0.165. The van der Waals surface area contributed by atoms with Crippen LogP contribution in [0.15, 0.2) is 121 Å². The summed E-state index contributed by atoms with van der Waals surface area (Å²) in [6.45, 7) is 32.8. The monoisotopic (exact) mass is 1030 g/mol. The lowest BCUT2D eigenvalue weighted by molar-refractivity contribution is 0.646. The Morgan fingerprint density at radius 3 is 0.892 bits per heavy atom. The summed E-state index contributed by atoms with van der Waals surface area (Å²) in [7, 11) is 0. The minimum absolute atomic E-state index is 0.0159. The zero-order valence-electron chi connectivity index (χ0n) is 45.3. The lowest BCUT2D eigenvalue weighted by Gasteiger charge is -2.29. The summed E-state index contributed by atoms with van der Waals surface area (Å²) in [5.41, 5.74) is 34.8. The van der Waals surface area contributed by atoms with Crippen molar-refractivity contribution in [3.63, 3.8) is 0 Å². The molecule has 14 rings (SSSR count). The first kappa shape index (κ1) is 47.8. The fourth-order valence-electron chi connectivity index (χ4n) is 13.8. The fraction of sp³-hybridized carbons (Fsp3) is 0.257. The van der Waals surface area contributed by atoms with Crippen molar-refractivity contribution in [3.8, 4) is 83.5 Å². The maximum absolute atomic E-state index is 2.48. The van der Waals surface area contributed by atoms with E-state index in [1.54, 1.807) is 22.3 Å². The summed E-state index contributed by atoms with van der Waals surface area (Å²) in [5, 5.41) is 0. The summed E-state index contributed by atoms with van der Waals surface area (Å²) in [5.74, 6) is 0.871. The molecule has 4 aliphatic rings. The minimum Gasteiger partial charge on any atom is -0.135 e. The number of fused-ring (bicyclic) bond motifs is 12. The third-order valence-corrected chi connectivity index (χ3v) is 22.6. The minimum atomic E-state index is -0.0159. The predicted octanol–water partition coefficient (Wildman–Crippen LogP) is 21.6. The normalized spacial score (nSPS) is 16.5. The first-order valence-electron chi connectivity index (χ1n) is 26.5. The Morgan fingerprint density at radius 2 is 0.595 bits per heavy atom. The van der Waals surface area contributed by atoms with E-state index < -0.39 is 0 Å². The first-order chi connectivity index (χ1) is 35.3. The van der Waals surface area contributed by atoms with Gasteiger partial charge in [0.2, 0.25) is 0 Å². The number of rotatable bonds is 4. The van der Waals surface area contributed by atoms with Crippen LogP contribution in [0.25, 0.3) is 83.5 Å². The van der Waals surface area contributed by atoms with E-state index in [4.69, 9.17) is 0 Å². The van der Waals surface area contributed by atoms with Gasteiger partial charge in [-0.1, -0.05) is 161 Å². The van der Waals surface area contributed by atoms with Crippen molar-refractivity contribution in [1.82, 2.24) is 0 Å². The second-order valence-corrected chi connectivity index (χ2v) is 27.4. The molecule has 0 spiro atoms. The number of thiophene rings is 4. The number of hydrogen-bond donors (Lipinski definition) is 0. The maximum atomic E-state index is 2.48. The molecule has 0 bridgehead atoms. The van der Waals surface area contributed by atoms with Crippen LogP contribution in [-0.4, -0.2) is 0 Å². The SMILES string of the molecule is Cc1ccc(-c2cc3c(s2)-c2c(C)c4c(c(C)c2C3(C)C)-c2sc(-c3ccc(C)cc3)cc2C4(C)C)cc1.Cc1ccc(-c2cc3c(s2)-c2c(C)c4c(c(C)c2C3C)-c2sc(-c3ccc(C)cc3)cc2C4C)cc1. The van der Waals surface area contributed by atoms with Crippen LogP contribution >= 0.6 is 45.3 Å². The van der Waals surface area contributed by atoms with Gasteiger partial charge in [0.1, 0.15) is 0 Å². The average Bonchev–Trinajstić information content (AvgIpc) is 4.30. The zero-order chi connectivity index (χ0) is 51.6. The molecule has 0 N–H and O–H groups in total. The van der Waals surface area contributed by atoms with Gasteiger partial charge in [-0.15, -0.1) is 45.3 Å². The molecule has 6 aromatic carbocycles. The van der Waals surface area contributed by atoms with Crippen molar-refractivity contribution in [1.29, 1.82) is 0 Å². The third kappa shape index (κ3) is 6.86. The van der Waals surface area contributed by atoms with Crippen LogP contribution in [0.4, 0.5) is 0 Å². The van der Waals surface area contributed by atoms with Gasteiger partial charge < -0.3 is 0 Å². The van der Waals surface area contributed by atoms with Crippen LogP contribution in [-0.2, 0) is 10.8 Å². The highest BCUT2D eigenvalue weighted by molar-refractivity contribution is 7.20. The molecule has 0 aliphatic heterocycles. The second kappa shape index (κ2) is 16.8. The molecular formula is C70H64S4. The highest BCUT2D eigenvalue weighted by Gasteiger charge is 2.47. The van der Waals surface area contributed by atoms with Crippen LogP contribution in [0.1, 0.15) is 142 Å². The molecule has 4 aliphatic carbocycles. The number of aryl methyl sites for hydroxylation is 4. The van der Waals surface area contributed by atoms with E-state index in [9.17, 15) is 0 Å². The molecule has 2 atom stereocenters. The smallest absolute Gasteiger partial charge is 0.0396 e. The van der Waals surface area contributed by atoms with Gasteiger partial charge in [0.25, 0.3) is 0 Å². The molecule has 368 valence electrons. The third-order valence-electron chi connectivity index (χ3n) is 17.7. The Labute approximate surface area is 455 Å². The van der Waals surface area contributed by atoms with Gasteiger partial charge in [0.15, 0.2) is 0 Å². The zero-order valence-corrected chi connectivity index (χ0v) is 48.6. The van der Waals surface area contributed by atoms with Crippen molar-refractivity contribution in [2.45, 2.75) is 120 Å². The summed E-state index contributed by atoms with van der Waals surface area (Å²) in [6, 6.07) is 45.9. The summed E-state index contributed by atoms with van der Waals surface area (Å²) in [4.78, 5) is 11.5. The van der Waals surface area contributed by atoms with Crippen molar-refractivity contribution >= 4 is 45.3 Å². The van der Waals surface area contributed by atoms with E-state index in [2.05, 4.69) is 218 Å². The molecule has 10 aromatic rings. The molecule has 0 fully saturated rings. The van der Waals surface area contributed by atoms with Crippen LogP contribution in [0.5, 0.6) is 0 Å². The maximum Gasteiger partial charge on any atom is 0.0396 e. The van der Waals surface area contributed by atoms with Gasteiger partial charge in [-0.2, -0.15) is 0 Å². The van der Waals surface area contributed by atoms with Crippen molar-refractivity contribution in [2.24, 2.45) is 0 Å². The van der Waals surface area contributed by atoms with E-state index in [-0.39, 0.29) is 10.8 Å². The molecule has 0 saturated carbocycles. The molecule has 0 saturated heterocycles. The standard InChI is InChI=1S/C36H34S2.C34H30S2/c1-19-9-13-23(14-10-19)27-17-25-33(37-27)29-21(3)32-30(22(4)31(29)35(25,5)6)34-26(36(32,7)8)18-28(38-34)24-15-11-20(2)12-16-24;1-17-7-11-23(12-8-17)27-15-25-19(3)29-22(6)32-30(21(5)31(29)33(25)35-27)20(4)26-16-28(36-34(26)32)24-13-9-18(2)10-14-24/h9-18H,1-8H3;7-16,19-20H,1-6H3. The Morgan fingerprint density at radius 1 is 0.324 bits per heavy atom. The lowest BCUT2D eigenvalue weighted by atomic mass is 9.74. The Balaban J connectivity index is 0.000000143. The fourth-order valence-corrected chi connectivity index (χ4v) is 19.4. The van der Waals surface area contributed by atoms with Gasteiger partial charge in [-0.25, -0.2) is 0 Å². The van der Waals surface area contributed by atoms with E-state index >= 15 is 0 Å². The van der Waals surface area contributed by atoms with Gasteiger partial charge >= 0.3 is 0 Å². The Bertz CT molecular complexity index is 3700. The molecule has 74 heavy (non-hydrogen) atoms. The molecular weight excluding hydrogens is 969 g/mol. The Kier molecular flexibility index (Phi) is 10.9. The van der Waals surface area contributed by atoms with Crippen LogP contribution in [0.3, 0.4) is 0 Å². The van der Waals surface area contributed by atoms with Gasteiger partial charge in [0.05, 0.1) is 0 Å². The van der Waals surface area contributed by atoms with Crippen molar-refractivity contribution < 1.29 is 0 Å². The van der Waals surface area contributed by atoms with E-state index in [0.717, 1.165) is 0 Å². The van der Waals surface area contributed by atoms with E-state index in [1.165, 1.54) is 150 Å². The number of hydrogen-bond acceptors (Lipinski definition) is 4. The Hall–Kier alpha value is -5.88. The molecule has 4 heterocycles. The van der Waals surface area contributed by atoms with Gasteiger partial charge in [-0.05, 0) is 191 Å². The van der Waals surface area contributed by atoms with Crippen molar-refractivity contribution in [3.05, 3.63) is 210 Å². The predicted molar refractivity (Wildman–Crippen MR) is 325 cm³/mol. The highest BCUT2D eigenvalue weighted by atomic mass is 32.1. The van der Waals surface area contributed by atoms with Gasteiger partial charge in [-0.3, -0.25) is 0 Å². The lowest BCUT2D eigenvalue weighted by Crippen LogP contribution is -2.20. The molecule has 4 aromatic heterocycles. The first-order valence-corrected chi connectivity index (χ1v) is 29.8. The van der Waals surface area contributed by atoms with Crippen LogP contribution in [0, 0.1) is 55.4 Å². The van der Waals surface area contributed by atoms with Gasteiger partial charge in [0, 0.05) is 61.7 Å². The molecule has 0 amide bonds. The average molecular weight is 1030 g/mol. The second-order valence-electron chi connectivity index (χ2n) is 23.2. The topological polar surface area (TPSA) is 0 Å². The van der Waals surface area contributed by atoms with Crippen molar-refractivity contribution in [2.75, 3.05) is 0 Å². The summed E-state index contributed by atoms with van der Waals surface area (Å²) >= 11 is 7.94. The molecule has 2 unspecified atom stereocenters. The molecule has 4 heteroatoms. The molecule has 0 nitrogen and oxygen atoms in total. The summed E-state index contributed by atoms with van der Waals surface area (Å²) < 4.78 is 0. The highest BCUT2D eigenvalue weighted by Crippen LogP contribution is 2.65. The molecule has 0 radical (unpaired) electrons. The van der Waals surface area contributed by atoms with Crippen LogP contribution < -0.4 is 0 Å². The largest absolute Gasteiger partial charge is 0.135 e.